The Bertz CT molecular complexity index is 879. The first-order valence-corrected chi connectivity index (χ1v) is 10.2. The fourth-order valence-corrected chi connectivity index (χ4v) is 4.29. The Morgan fingerprint density at radius 2 is 1.85 bits per heavy atom. The minimum atomic E-state index is -3.69. The summed E-state index contributed by atoms with van der Waals surface area (Å²) in [5, 5.41) is 6.26. The fourth-order valence-electron chi connectivity index (χ4n) is 3.10. The van der Waals surface area contributed by atoms with E-state index in [1.165, 1.54) is 18.5 Å². The van der Waals surface area contributed by atoms with Gasteiger partial charge in [0.2, 0.25) is 0 Å². The van der Waals surface area contributed by atoms with E-state index >= 15 is 0 Å². The van der Waals surface area contributed by atoms with Gasteiger partial charge >= 0.3 is 0 Å². The maximum Gasteiger partial charge on any atom is 0.267 e. The summed E-state index contributed by atoms with van der Waals surface area (Å²) in [6.45, 7) is 6.57. The summed E-state index contributed by atoms with van der Waals surface area (Å²) in [6, 6.07) is 8.18. The molecule has 0 saturated carbocycles. The molecule has 6 nitrogen and oxygen atoms in total. The summed E-state index contributed by atoms with van der Waals surface area (Å²) in [5.41, 5.74) is 1.42. The standard InChI is InChI=1S/C19H25N3O3S/c1-15-3-5-17(6-4-15)26(24,25)22-12-7-16(13-22)18(23)21-14-19(2)8-10-20-11-9-19/h3-7,12-13,20H,8-11,14H2,1-2H3,(H,21,23). The van der Waals surface area contributed by atoms with Gasteiger partial charge in [0.05, 0.1) is 10.5 Å². The maximum absolute atomic E-state index is 12.7. The SMILES string of the molecule is Cc1ccc(S(=O)(=O)n2ccc(C(=O)NCC3(C)CCNCC3)c2)cc1. The van der Waals surface area contributed by atoms with Gasteiger partial charge in [-0.25, -0.2) is 12.4 Å². The van der Waals surface area contributed by atoms with E-state index in [4.69, 9.17) is 0 Å². The number of benzene rings is 1. The van der Waals surface area contributed by atoms with Gasteiger partial charge in [-0.15, -0.1) is 0 Å². The first kappa shape index (κ1) is 18.7. The van der Waals surface area contributed by atoms with Crippen LogP contribution in [0.25, 0.3) is 0 Å². The van der Waals surface area contributed by atoms with Crippen LogP contribution in [0.5, 0.6) is 0 Å². The largest absolute Gasteiger partial charge is 0.351 e. The highest BCUT2D eigenvalue weighted by Crippen LogP contribution is 2.26. The number of hydrogen-bond donors (Lipinski definition) is 2. The van der Waals surface area contributed by atoms with Crippen LogP contribution in [0.2, 0.25) is 0 Å². The predicted octanol–water partition coefficient (Wildman–Crippen LogP) is 2.15. The van der Waals surface area contributed by atoms with Crippen LogP contribution in [-0.4, -0.2) is 37.9 Å². The molecule has 2 heterocycles. The van der Waals surface area contributed by atoms with Gasteiger partial charge < -0.3 is 10.6 Å². The summed E-state index contributed by atoms with van der Waals surface area (Å²) < 4.78 is 26.4. The minimum absolute atomic E-state index is 0.0808. The van der Waals surface area contributed by atoms with Crippen LogP contribution in [-0.2, 0) is 10.0 Å². The Hall–Kier alpha value is -2.12. The van der Waals surface area contributed by atoms with E-state index in [2.05, 4.69) is 17.6 Å². The molecule has 1 aliphatic rings. The number of piperidine rings is 1. The van der Waals surface area contributed by atoms with Crippen LogP contribution in [0.4, 0.5) is 0 Å². The highest BCUT2D eigenvalue weighted by atomic mass is 32.2. The van der Waals surface area contributed by atoms with Crippen LogP contribution in [0.1, 0.15) is 35.7 Å². The van der Waals surface area contributed by atoms with Crippen LogP contribution in [0.3, 0.4) is 0 Å². The van der Waals surface area contributed by atoms with E-state index in [1.54, 1.807) is 24.3 Å². The molecule has 1 aromatic carbocycles. The zero-order chi connectivity index (χ0) is 18.8. The molecular weight excluding hydrogens is 350 g/mol. The smallest absolute Gasteiger partial charge is 0.267 e. The Labute approximate surface area is 154 Å². The van der Waals surface area contributed by atoms with E-state index < -0.39 is 10.0 Å². The summed E-state index contributed by atoms with van der Waals surface area (Å²) >= 11 is 0. The summed E-state index contributed by atoms with van der Waals surface area (Å²) in [5.74, 6) is -0.248. The predicted molar refractivity (Wildman–Crippen MR) is 101 cm³/mol. The Kier molecular flexibility index (Phi) is 5.20. The monoisotopic (exact) mass is 375 g/mol. The second-order valence-corrected chi connectivity index (χ2v) is 9.13. The van der Waals surface area contributed by atoms with E-state index in [0.29, 0.717) is 12.1 Å². The first-order chi connectivity index (χ1) is 12.3. The fraction of sp³-hybridized carbons (Fsp3) is 0.421. The Balaban J connectivity index is 1.70. The van der Waals surface area contributed by atoms with Gasteiger partial charge in [0.25, 0.3) is 15.9 Å². The number of carbonyl (C=O) groups excluding carboxylic acids is 1. The van der Waals surface area contributed by atoms with E-state index in [9.17, 15) is 13.2 Å². The van der Waals surface area contributed by atoms with Crippen molar-refractivity contribution in [3.8, 4) is 0 Å². The van der Waals surface area contributed by atoms with Crippen molar-refractivity contribution in [1.29, 1.82) is 0 Å². The molecule has 2 aromatic rings. The van der Waals surface area contributed by atoms with Crippen LogP contribution >= 0.6 is 0 Å². The van der Waals surface area contributed by atoms with Crippen molar-refractivity contribution in [2.45, 2.75) is 31.6 Å². The topological polar surface area (TPSA) is 80.2 Å². The molecule has 0 spiro atoms. The third-order valence-electron chi connectivity index (χ3n) is 5.01. The van der Waals surface area contributed by atoms with E-state index in [-0.39, 0.29) is 16.2 Å². The number of amides is 1. The number of aromatic nitrogens is 1. The van der Waals surface area contributed by atoms with Gasteiger partial charge in [-0.05, 0) is 56.5 Å². The third kappa shape index (κ3) is 3.99. The maximum atomic E-state index is 12.7. The molecule has 140 valence electrons. The molecule has 7 heteroatoms. The zero-order valence-electron chi connectivity index (χ0n) is 15.2. The molecule has 1 amide bonds. The number of aryl methyl sites for hydroxylation is 1. The summed E-state index contributed by atoms with van der Waals surface area (Å²) in [4.78, 5) is 12.6. The number of carbonyl (C=O) groups is 1. The molecule has 0 bridgehead atoms. The van der Waals surface area contributed by atoms with Crippen LogP contribution < -0.4 is 10.6 Å². The van der Waals surface area contributed by atoms with Gasteiger partial charge in [0, 0.05) is 18.9 Å². The molecule has 0 radical (unpaired) electrons. The van der Waals surface area contributed by atoms with Gasteiger partial charge in [-0.1, -0.05) is 24.6 Å². The van der Waals surface area contributed by atoms with Crippen molar-refractivity contribution >= 4 is 15.9 Å². The van der Waals surface area contributed by atoms with Gasteiger partial charge in [-0.2, -0.15) is 0 Å². The van der Waals surface area contributed by atoms with Crippen molar-refractivity contribution in [3.05, 3.63) is 53.9 Å². The zero-order valence-corrected chi connectivity index (χ0v) is 16.0. The molecule has 2 N–H and O–H groups in total. The molecule has 1 aliphatic heterocycles. The minimum Gasteiger partial charge on any atom is -0.351 e. The molecule has 1 fully saturated rings. The van der Waals surface area contributed by atoms with Crippen molar-refractivity contribution in [3.63, 3.8) is 0 Å². The lowest BCUT2D eigenvalue weighted by Gasteiger charge is -2.34. The average Bonchev–Trinajstić information content (AvgIpc) is 3.12. The number of hydrogen-bond acceptors (Lipinski definition) is 4. The molecule has 0 aliphatic carbocycles. The molecule has 3 rings (SSSR count). The molecular formula is C19H25N3O3S. The third-order valence-corrected chi connectivity index (χ3v) is 6.66. The number of nitrogens with one attached hydrogen (secondary N) is 2. The van der Waals surface area contributed by atoms with E-state index in [1.807, 2.05) is 6.92 Å². The highest BCUT2D eigenvalue weighted by Gasteiger charge is 2.27. The molecule has 0 atom stereocenters. The Morgan fingerprint density at radius 3 is 2.50 bits per heavy atom. The van der Waals surface area contributed by atoms with Crippen molar-refractivity contribution in [1.82, 2.24) is 14.6 Å². The van der Waals surface area contributed by atoms with Crippen LogP contribution in [0, 0.1) is 12.3 Å². The highest BCUT2D eigenvalue weighted by molar-refractivity contribution is 7.90. The quantitative estimate of drug-likeness (QED) is 0.839. The summed E-state index contributed by atoms with van der Waals surface area (Å²) in [7, 11) is -3.69. The van der Waals surface area contributed by atoms with Crippen molar-refractivity contribution in [2.24, 2.45) is 5.41 Å². The van der Waals surface area contributed by atoms with Crippen LogP contribution in [0.15, 0.2) is 47.6 Å². The lowest BCUT2D eigenvalue weighted by Crippen LogP contribution is -2.42. The van der Waals surface area contributed by atoms with Crippen molar-refractivity contribution in [2.75, 3.05) is 19.6 Å². The number of nitrogens with zero attached hydrogens (tertiary/aromatic N) is 1. The second kappa shape index (κ2) is 7.25. The van der Waals surface area contributed by atoms with Gasteiger partial charge in [0.1, 0.15) is 0 Å². The molecule has 26 heavy (non-hydrogen) atoms. The molecule has 1 aromatic heterocycles. The second-order valence-electron chi connectivity index (χ2n) is 7.29. The first-order valence-electron chi connectivity index (χ1n) is 8.79. The van der Waals surface area contributed by atoms with Gasteiger partial charge in [0.15, 0.2) is 0 Å². The Morgan fingerprint density at radius 1 is 1.19 bits per heavy atom. The number of rotatable bonds is 5. The van der Waals surface area contributed by atoms with E-state index in [0.717, 1.165) is 35.5 Å². The normalized spacial score (nSPS) is 17.0. The summed E-state index contributed by atoms with van der Waals surface area (Å²) in [6.07, 6.45) is 4.80. The molecule has 0 unspecified atom stereocenters. The van der Waals surface area contributed by atoms with Gasteiger partial charge in [-0.3, -0.25) is 4.79 Å². The lowest BCUT2D eigenvalue weighted by molar-refractivity contribution is 0.0922. The lowest BCUT2D eigenvalue weighted by atomic mass is 9.81. The average molecular weight is 375 g/mol. The van der Waals surface area contributed by atoms with Crippen molar-refractivity contribution < 1.29 is 13.2 Å². The molecule has 1 saturated heterocycles.